The molecule has 2 aromatic rings. The Morgan fingerprint density at radius 3 is 2.45 bits per heavy atom. The van der Waals surface area contributed by atoms with E-state index in [2.05, 4.69) is 5.32 Å². The number of para-hydroxylation sites is 1. The summed E-state index contributed by atoms with van der Waals surface area (Å²) in [5.41, 5.74) is -0.855. The Labute approximate surface area is 175 Å². The number of nitrogens with zero attached hydrogens (tertiary/aromatic N) is 1. The third kappa shape index (κ3) is 5.33. The minimum Gasteiger partial charge on any atom is -0.497 e. The molecule has 1 atom stereocenters. The van der Waals surface area contributed by atoms with Crippen molar-refractivity contribution in [3.63, 3.8) is 0 Å². The number of anilines is 2. The highest BCUT2D eigenvalue weighted by Crippen LogP contribution is 2.34. The molecule has 0 aliphatic carbocycles. The fourth-order valence-electron chi connectivity index (χ4n) is 3.16. The Balaban J connectivity index is 1.55. The number of ether oxygens (including phenoxy) is 2. The zero-order valence-corrected chi connectivity index (χ0v) is 16.4. The van der Waals surface area contributed by atoms with Crippen molar-refractivity contribution in [3.8, 4) is 5.75 Å². The second-order valence-electron chi connectivity index (χ2n) is 6.80. The molecular formula is C21H19F3N2O5. The molecule has 3 rings (SSSR count). The number of esters is 1. The van der Waals surface area contributed by atoms with Gasteiger partial charge in [-0.2, -0.15) is 13.2 Å². The first kappa shape index (κ1) is 22.1. The lowest BCUT2D eigenvalue weighted by Gasteiger charge is -2.17. The van der Waals surface area contributed by atoms with Crippen LogP contribution in [0, 0.1) is 5.92 Å². The first-order chi connectivity index (χ1) is 14.7. The average Bonchev–Trinajstić information content (AvgIpc) is 3.13. The minimum absolute atomic E-state index is 0.0719. The van der Waals surface area contributed by atoms with E-state index in [0.717, 1.165) is 12.1 Å². The van der Waals surface area contributed by atoms with Gasteiger partial charge < -0.3 is 19.7 Å². The van der Waals surface area contributed by atoms with Crippen molar-refractivity contribution in [1.82, 2.24) is 0 Å². The second kappa shape index (κ2) is 9.07. The molecule has 1 aliphatic rings. The maximum atomic E-state index is 13.0. The highest BCUT2D eigenvalue weighted by atomic mass is 19.4. The number of hydrogen-bond donors (Lipinski definition) is 1. The van der Waals surface area contributed by atoms with Gasteiger partial charge in [0.1, 0.15) is 5.75 Å². The van der Waals surface area contributed by atoms with Crippen LogP contribution in [0.1, 0.15) is 12.0 Å². The lowest BCUT2D eigenvalue weighted by molar-refractivity contribution is -0.151. The van der Waals surface area contributed by atoms with E-state index in [-0.39, 0.29) is 18.9 Å². The molecule has 0 spiro atoms. The summed E-state index contributed by atoms with van der Waals surface area (Å²) in [6, 6.07) is 11.2. The normalized spacial score (nSPS) is 16.2. The monoisotopic (exact) mass is 436 g/mol. The Morgan fingerprint density at radius 2 is 1.81 bits per heavy atom. The molecule has 1 saturated heterocycles. The molecular weight excluding hydrogens is 417 g/mol. The van der Waals surface area contributed by atoms with Gasteiger partial charge in [-0.3, -0.25) is 14.4 Å². The van der Waals surface area contributed by atoms with Gasteiger partial charge in [0.15, 0.2) is 6.61 Å². The van der Waals surface area contributed by atoms with Crippen LogP contribution >= 0.6 is 0 Å². The van der Waals surface area contributed by atoms with E-state index >= 15 is 0 Å². The van der Waals surface area contributed by atoms with E-state index in [1.807, 2.05) is 0 Å². The molecule has 2 aromatic carbocycles. The Hall–Kier alpha value is -3.56. The molecule has 1 fully saturated rings. The zero-order chi connectivity index (χ0) is 22.6. The van der Waals surface area contributed by atoms with Crippen LogP contribution in [-0.2, 0) is 25.3 Å². The van der Waals surface area contributed by atoms with Gasteiger partial charge in [-0.25, -0.2) is 0 Å². The molecule has 1 aliphatic heterocycles. The zero-order valence-electron chi connectivity index (χ0n) is 16.4. The topological polar surface area (TPSA) is 84.9 Å². The molecule has 2 amide bonds. The number of methoxy groups -OCH3 is 1. The number of nitrogens with one attached hydrogen (secondary N) is 1. The predicted octanol–water partition coefficient (Wildman–Crippen LogP) is 3.25. The van der Waals surface area contributed by atoms with Gasteiger partial charge in [0.2, 0.25) is 5.91 Å². The predicted molar refractivity (Wildman–Crippen MR) is 104 cm³/mol. The van der Waals surface area contributed by atoms with Gasteiger partial charge in [-0.15, -0.1) is 0 Å². The van der Waals surface area contributed by atoms with Gasteiger partial charge in [0.05, 0.1) is 24.3 Å². The number of carbonyl (C=O) groups excluding carboxylic acids is 3. The van der Waals surface area contributed by atoms with Crippen molar-refractivity contribution in [2.24, 2.45) is 5.92 Å². The first-order valence-corrected chi connectivity index (χ1v) is 9.26. The number of hydrogen-bond acceptors (Lipinski definition) is 5. The fourth-order valence-corrected chi connectivity index (χ4v) is 3.16. The minimum atomic E-state index is -4.64. The smallest absolute Gasteiger partial charge is 0.418 e. The van der Waals surface area contributed by atoms with Crippen molar-refractivity contribution in [2.75, 3.05) is 30.5 Å². The van der Waals surface area contributed by atoms with E-state index in [1.54, 1.807) is 24.3 Å². The summed E-state index contributed by atoms with van der Waals surface area (Å²) in [5.74, 6) is -2.14. The summed E-state index contributed by atoms with van der Waals surface area (Å²) >= 11 is 0. The van der Waals surface area contributed by atoms with Crippen LogP contribution in [0.15, 0.2) is 48.5 Å². The standard InChI is InChI=1S/C21H19F3N2O5/c1-30-15-8-6-14(7-9-15)26-11-13(10-19(26)28)20(29)31-12-18(27)25-17-5-3-2-4-16(17)21(22,23)24/h2-9,13H,10-12H2,1H3,(H,25,27)/t13-/m0/s1. The quantitative estimate of drug-likeness (QED) is 0.703. The molecule has 7 nitrogen and oxygen atoms in total. The highest BCUT2D eigenvalue weighted by Gasteiger charge is 2.37. The number of halogens is 3. The summed E-state index contributed by atoms with van der Waals surface area (Å²) in [6.45, 7) is -0.694. The van der Waals surface area contributed by atoms with Gasteiger partial charge in [-0.05, 0) is 36.4 Å². The third-order valence-corrected chi connectivity index (χ3v) is 4.69. The molecule has 10 heteroatoms. The van der Waals surface area contributed by atoms with Gasteiger partial charge in [0.25, 0.3) is 5.91 Å². The van der Waals surface area contributed by atoms with Crippen LogP contribution in [0.5, 0.6) is 5.75 Å². The molecule has 0 aromatic heterocycles. The second-order valence-corrected chi connectivity index (χ2v) is 6.80. The summed E-state index contributed by atoms with van der Waals surface area (Å²) < 4.78 is 49.0. The highest BCUT2D eigenvalue weighted by molar-refractivity contribution is 6.00. The Morgan fingerprint density at radius 1 is 1.13 bits per heavy atom. The van der Waals surface area contributed by atoms with Crippen molar-refractivity contribution >= 4 is 29.2 Å². The Bertz CT molecular complexity index is 976. The summed E-state index contributed by atoms with van der Waals surface area (Å²) in [5, 5.41) is 2.09. The molecule has 0 bridgehead atoms. The van der Waals surface area contributed by atoms with Crippen LogP contribution in [-0.4, -0.2) is 38.0 Å². The summed E-state index contributed by atoms with van der Waals surface area (Å²) in [6.07, 6.45) is -4.74. The molecule has 164 valence electrons. The lowest BCUT2D eigenvalue weighted by Crippen LogP contribution is -2.28. The fraction of sp³-hybridized carbons (Fsp3) is 0.286. The van der Waals surface area contributed by atoms with E-state index < -0.39 is 41.8 Å². The van der Waals surface area contributed by atoms with Crippen molar-refractivity contribution in [3.05, 3.63) is 54.1 Å². The maximum Gasteiger partial charge on any atom is 0.418 e. The molecule has 0 saturated carbocycles. The van der Waals surface area contributed by atoms with Gasteiger partial charge in [0, 0.05) is 18.7 Å². The maximum absolute atomic E-state index is 13.0. The van der Waals surface area contributed by atoms with E-state index in [1.165, 1.54) is 24.1 Å². The lowest BCUT2D eigenvalue weighted by atomic mass is 10.1. The SMILES string of the molecule is COc1ccc(N2C[C@@H](C(=O)OCC(=O)Nc3ccccc3C(F)(F)F)CC2=O)cc1. The largest absolute Gasteiger partial charge is 0.497 e. The first-order valence-electron chi connectivity index (χ1n) is 9.26. The molecule has 0 radical (unpaired) electrons. The van der Waals surface area contributed by atoms with Crippen LogP contribution in [0.2, 0.25) is 0 Å². The number of benzene rings is 2. The number of rotatable bonds is 6. The van der Waals surface area contributed by atoms with Crippen LogP contribution in [0.25, 0.3) is 0 Å². The number of amides is 2. The van der Waals surface area contributed by atoms with Crippen molar-refractivity contribution in [1.29, 1.82) is 0 Å². The van der Waals surface area contributed by atoms with Gasteiger partial charge >= 0.3 is 12.1 Å². The van der Waals surface area contributed by atoms with Crippen molar-refractivity contribution in [2.45, 2.75) is 12.6 Å². The van der Waals surface area contributed by atoms with Crippen LogP contribution in [0.3, 0.4) is 0 Å². The Kier molecular flexibility index (Phi) is 6.47. The molecule has 0 unspecified atom stereocenters. The summed E-state index contributed by atoms with van der Waals surface area (Å²) in [4.78, 5) is 37.9. The molecule has 31 heavy (non-hydrogen) atoms. The van der Waals surface area contributed by atoms with Crippen LogP contribution < -0.4 is 15.0 Å². The third-order valence-electron chi connectivity index (χ3n) is 4.69. The average molecular weight is 436 g/mol. The summed E-state index contributed by atoms with van der Waals surface area (Å²) in [7, 11) is 1.51. The number of alkyl halides is 3. The number of carbonyl (C=O) groups is 3. The molecule has 1 N–H and O–H groups in total. The van der Waals surface area contributed by atoms with Gasteiger partial charge in [-0.1, -0.05) is 12.1 Å². The molecule has 1 heterocycles. The van der Waals surface area contributed by atoms with Crippen LogP contribution in [0.4, 0.5) is 24.5 Å². The van der Waals surface area contributed by atoms with Crippen molar-refractivity contribution < 1.29 is 37.0 Å². The van der Waals surface area contributed by atoms with E-state index in [0.29, 0.717) is 11.4 Å². The van der Waals surface area contributed by atoms with E-state index in [4.69, 9.17) is 9.47 Å². The van der Waals surface area contributed by atoms with E-state index in [9.17, 15) is 27.6 Å².